The van der Waals surface area contributed by atoms with Crippen LogP contribution in [0.2, 0.25) is 0 Å². The summed E-state index contributed by atoms with van der Waals surface area (Å²) in [6.45, 7) is 0.599. The van der Waals surface area contributed by atoms with Crippen molar-refractivity contribution in [2.45, 2.75) is 62.7 Å². The molecule has 0 radical (unpaired) electrons. The average molecular weight is 382 g/mol. The molecule has 9 heteroatoms. The fraction of sp³-hybridized carbons (Fsp3) is 0.611. The molecule has 1 saturated heterocycles. The van der Waals surface area contributed by atoms with Crippen LogP contribution in [0.5, 0.6) is 0 Å². The fourth-order valence-electron chi connectivity index (χ4n) is 3.58. The van der Waals surface area contributed by atoms with E-state index in [1.165, 1.54) is 0 Å². The third-order valence-electron chi connectivity index (χ3n) is 5.47. The van der Waals surface area contributed by atoms with Crippen molar-refractivity contribution in [3.8, 4) is 0 Å². The molecule has 146 valence electrons. The molecule has 0 spiro atoms. The Balaban J connectivity index is 1.42. The number of pyridine rings is 1. The predicted molar refractivity (Wildman–Crippen MR) is 91.1 cm³/mol. The van der Waals surface area contributed by atoms with Gasteiger partial charge in [-0.1, -0.05) is 0 Å². The first-order valence-corrected chi connectivity index (χ1v) is 9.28. The second-order valence-corrected chi connectivity index (χ2v) is 7.49. The number of carbonyl (C=O) groups excluding carboxylic acids is 2. The van der Waals surface area contributed by atoms with E-state index in [0.717, 1.165) is 44.2 Å². The van der Waals surface area contributed by atoms with Crippen LogP contribution in [0.25, 0.3) is 0 Å². The van der Waals surface area contributed by atoms with Crippen LogP contribution >= 0.6 is 0 Å². The number of carbonyl (C=O) groups is 2. The molecule has 1 aromatic heterocycles. The molecule has 2 aliphatic carbocycles. The van der Waals surface area contributed by atoms with Crippen molar-refractivity contribution in [2.24, 2.45) is 0 Å². The Kier molecular flexibility index (Phi) is 4.47. The van der Waals surface area contributed by atoms with E-state index in [1.807, 2.05) is 0 Å². The maximum atomic E-state index is 13.1. The number of rotatable bonds is 4. The zero-order valence-corrected chi connectivity index (χ0v) is 14.7. The summed E-state index contributed by atoms with van der Waals surface area (Å²) in [6.07, 6.45) is 0.681. The SMILES string of the molecule is O=C(Nc1cc(C(F)(F)F)cc(C2CC2)n1)NC1CCN(C2CCC2)C1=O. The average Bonchev–Trinajstić information content (AvgIpc) is 3.33. The molecule has 4 rings (SSSR count). The van der Waals surface area contributed by atoms with Crippen LogP contribution in [0.1, 0.15) is 55.7 Å². The van der Waals surface area contributed by atoms with Crippen molar-refractivity contribution >= 4 is 17.8 Å². The van der Waals surface area contributed by atoms with Gasteiger partial charge in [-0.15, -0.1) is 0 Å². The molecular weight excluding hydrogens is 361 g/mol. The minimum atomic E-state index is -4.51. The largest absolute Gasteiger partial charge is 0.416 e. The van der Waals surface area contributed by atoms with E-state index < -0.39 is 23.8 Å². The van der Waals surface area contributed by atoms with Gasteiger partial charge in [0, 0.05) is 24.2 Å². The number of halogens is 3. The molecular formula is C18H21F3N4O2. The van der Waals surface area contributed by atoms with Crippen molar-refractivity contribution in [1.82, 2.24) is 15.2 Å². The summed E-state index contributed by atoms with van der Waals surface area (Å²) < 4.78 is 39.3. The predicted octanol–water partition coefficient (Wildman–Crippen LogP) is 3.25. The minimum absolute atomic E-state index is 0.0170. The molecule has 1 aromatic rings. The summed E-state index contributed by atoms with van der Waals surface area (Å²) in [4.78, 5) is 30.5. The van der Waals surface area contributed by atoms with E-state index in [1.54, 1.807) is 4.90 Å². The van der Waals surface area contributed by atoms with Gasteiger partial charge in [0.1, 0.15) is 11.9 Å². The molecule has 1 unspecified atom stereocenters. The summed E-state index contributed by atoms with van der Waals surface area (Å²) in [7, 11) is 0. The molecule has 0 aromatic carbocycles. The highest BCUT2D eigenvalue weighted by molar-refractivity contribution is 5.94. The van der Waals surface area contributed by atoms with Crippen molar-refractivity contribution in [1.29, 1.82) is 0 Å². The highest BCUT2D eigenvalue weighted by Gasteiger charge is 2.39. The standard InChI is InChI=1S/C18H21F3N4O2/c19-18(20,21)11-8-14(10-4-5-10)22-15(9-11)24-17(27)23-13-6-7-25(16(13)26)12-2-1-3-12/h8-10,12-13H,1-7H2,(H2,22,23,24,27). The Morgan fingerprint density at radius 3 is 2.48 bits per heavy atom. The maximum absolute atomic E-state index is 13.1. The van der Waals surface area contributed by atoms with Gasteiger partial charge in [-0.3, -0.25) is 10.1 Å². The molecule has 1 aliphatic heterocycles. The lowest BCUT2D eigenvalue weighted by Crippen LogP contribution is -2.47. The Morgan fingerprint density at radius 2 is 1.89 bits per heavy atom. The van der Waals surface area contributed by atoms with Crippen LogP contribution in [0.4, 0.5) is 23.8 Å². The van der Waals surface area contributed by atoms with Crippen LogP contribution in [0.15, 0.2) is 12.1 Å². The van der Waals surface area contributed by atoms with E-state index in [2.05, 4.69) is 15.6 Å². The molecule has 2 N–H and O–H groups in total. The monoisotopic (exact) mass is 382 g/mol. The molecule has 0 bridgehead atoms. The number of urea groups is 1. The summed E-state index contributed by atoms with van der Waals surface area (Å²) in [6, 6.07) is 0.774. The number of alkyl halides is 3. The molecule has 3 amide bonds. The Hall–Kier alpha value is -2.32. The van der Waals surface area contributed by atoms with Crippen molar-refractivity contribution in [3.05, 3.63) is 23.4 Å². The third kappa shape index (κ3) is 3.86. The van der Waals surface area contributed by atoms with Gasteiger partial charge in [-0.2, -0.15) is 13.2 Å². The van der Waals surface area contributed by atoms with Gasteiger partial charge >= 0.3 is 12.2 Å². The van der Waals surface area contributed by atoms with Crippen LogP contribution in [-0.4, -0.2) is 40.5 Å². The number of hydrogen-bond acceptors (Lipinski definition) is 3. The lowest BCUT2D eigenvalue weighted by Gasteiger charge is -2.34. The molecule has 6 nitrogen and oxygen atoms in total. The van der Waals surface area contributed by atoms with Gasteiger partial charge in [-0.25, -0.2) is 9.78 Å². The highest BCUT2D eigenvalue weighted by Crippen LogP contribution is 2.41. The Labute approximate surface area is 154 Å². The molecule has 1 atom stereocenters. The van der Waals surface area contributed by atoms with Gasteiger partial charge in [0.05, 0.1) is 5.56 Å². The van der Waals surface area contributed by atoms with Gasteiger partial charge in [0.2, 0.25) is 5.91 Å². The molecule has 3 fully saturated rings. The number of anilines is 1. The van der Waals surface area contributed by atoms with Gasteiger partial charge < -0.3 is 10.2 Å². The summed E-state index contributed by atoms with van der Waals surface area (Å²) in [5.74, 6) is -0.251. The Bertz CT molecular complexity index is 759. The number of aromatic nitrogens is 1. The minimum Gasteiger partial charge on any atom is -0.338 e. The van der Waals surface area contributed by atoms with Crippen molar-refractivity contribution < 1.29 is 22.8 Å². The van der Waals surface area contributed by atoms with Crippen LogP contribution in [-0.2, 0) is 11.0 Å². The van der Waals surface area contributed by atoms with E-state index in [-0.39, 0.29) is 23.7 Å². The zero-order valence-electron chi connectivity index (χ0n) is 14.7. The van der Waals surface area contributed by atoms with E-state index in [0.29, 0.717) is 18.7 Å². The van der Waals surface area contributed by atoms with Gasteiger partial charge in [-0.05, 0) is 50.7 Å². The normalized spacial score (nSPS) is 23.3. The number of likely N-dealkylation sites (tertiary alicyclic amines) is 1. The second-order valence-electron chi connectivity index (χ2n) is 7.49. The van der Waals surface area contributed by atoms with Crippen LogP contribution in [0.3, 0.4) is 0 Å². The van der Waals surface area contributed by atoms with E-state index in [4.69, 9.17) is 0 Å². The van der Waals surface area contributed by atoms with Gasteiger partial charge in [0.15, 0.2) is 0 Å². The number of nitrogens with zero attached hydrogens (tertiary/aromatic N) is 2. The van der Waals surface area contributed by atoms with E-state index >= 15 is 0 Å². The molecule has 2 saturated carbocycles. The molecule has 27 heavy (non-hydrogen) atoms. The van der Waals surface area contributed by atoms with Gasteiger partial charge in [0.25, 0.3) is 0 Å². The van der Waals surface area contributed by atoms with Crippen molar-refractivity contribution in [3.63, 3.8) is 0 Å². The highest BCUT2D eigenvalue weighted by atomic mass is 19.4. The Morgan fingerprint density at radius 1 is 1.15 bits per heavy atom. The lowest BCUT2D eigenvalue weighted by atomic mass is 9.92. The fourth-order valence-corrected chi connectivity index (χ4v) is 3.58. The van der Waals surface area contributed by atoms with Crippen molar-refractivity contribution in [2.75, 3.05) is 11.9 Å². The van der Waals surface area contributed by atoms with E-state index in [9.17, 15) is 22.8 Å². The first-order valence-electron chi connectivity index (χ1n) is 9.28. The number of nitrogens with one attached hydrogen (secondary N) is 2. The topological polar surface area (TPSA) is 74.3 Å². The second kappa shape index (κ2) is 6.69. The number of amides is 3. The third-order valence-corrected chi connectivity index (χ3v) is 5.47. The number of hydrogen-bond donors (Lipinski definition) is 2. The summed E-state index contributed by atoms with van der Waals surface area (Å²) in [5.41, 5.74) is -0.490. The van der Waals surface area contributed by atoms with Crippen LogP contribution in [0, 0.1) is 0 Å². The summed E-state index contributed by atoms with van der Waals surface area (Å²) in [5, 5.41) is 4.94. The quantitative estimate of drug-likeness (QED) is 0.840. The first-order chi connectivity index (χ1) is 12.8. The maximum Gasteiger partial charge on any atom is 0.416 e. The lowest BCUT2D eigenvalue weighted by molar-refractivity contribution is -0.137. The zero-order chi connectivity index (χ0) is 19.2. The first kappa shape index (κ1) is 18.1. The smallest absolute Gasteiger partial charge is 0.338 e. The van der Waals surface area contributed by atoms with Crippen LogP contribution < -0.4 is 10.6 Å². The summed E-state index contributed by atoms with van der Waals surface area (Å²) >= 11 is 0. The molecule has 3 aliphatic rings. The molecule has 2 heterocycles.